The predicted molar refractivity (Wildman–Crippen MR) is 72.0 cm³/mol. The van der Waals surface area contributed by atoms with E-state index in [1.807, 2.05) is 31.2 Å². The molecule has 0 saturated heterocycles. The van der Waals surface area contributed by atoms with Crippen molar-refractivity contribution in [3.63, 3.8) is 0 Å². The van der Waals surface area contributed by atoms with Crippen LogP contribution in [0.3, 0.4) is 0 Å². The molecule has 1 N–H and O–H groups in total. The van der Waals surface area contributed by atoms with Crippen molar-refractivity contribution in [3.8, 4) is 0 Å². The first-order chi connectivity index (χ1) is 8.63. The minimum Gasteiger partial charge on any atom is -0.481 e. The molecule has 0 bridgehead atoms. The fraction of sp³-hybridized carbons (Fsp3) is 0.250. The number of hydrogen-bond acceptors (Lipinski definition) is 5. The standard InChI is InChI=1S/C12H12N2O2S2/c1-8-13-12(18-14-8)17-7-10-4-2-9(3-5-10)6-11(15)16/h2-5H,6-7H2,1H3,(H,15,16). The molecule has 2 rings (SSSR count). The molecular formula is C12H12N2O2S2. The van der Waals surface area contributed by atoms with E-state index in [1.165, 1.54) is 11.5 Å². The lowest BCUT2D eigenvalue weighted by atomic mass is 10.1. The summed E-state index contributed by atoms with van der Waals surface area (Å²) >= 11 is 3.05. The van der Waals surface area contributed by atoms with Crippen LogP contribution in [0.4, 0.5) is 0 Å². The van der Waals surface area contributed by atoms with Gasteiger partial charge in [-0.3, -0.25) is 4.79 Å². The highest BCUT2D eigenvalue weighted by molar-refractivity contribution is 8.00. The van der Waals surface area contributed by atoms with Gasteiger partial charge in [0.05, 0.1) is 6.42 Å². The molecule has 0 radical (unpaired) electrons. The summed E-state index contributed by atoms with van der Waals surface area (Å²) in [4.78, 5) is 14.8. The number of aryl methyl sites for hydroxylation is 1. The SMILES string of the molecule is Cc1nsc(SCc2ccc(CC(=O)O)cc2)n1. The maximum atomic E-state index is 10.5. The molecule has 18 heavy (non-hydrogen) atoms. The summed E-state index contributed by atoms with van der Waals surface area (Å²) in [5.41, 5.74) is 1.98. The molecule has 1 aromatic carbocycles. The van der Waals surface area contributed by atoms with Gasteiger partial charge in [0.1, 0.15) is 5.82 Å². The molecule has 0 spiro atoms. The van der Waals surface area contributed by atoms with Gasteiger partial charge in [-0.2, -0.15) is 4.37 Å². The molecule has 1 aromatic heterocycles. The summed E-state index contributed by atoms with van der Waals surface area (Å²) in [5.74, 6) is 0.822. The van der Waals surface area contributed by atoms with Crippen LogP contribution >= 0.6 is 23.3 Å². The van der Waals surface area contributed by atoms with Crippen LogP contribution in [0.15, 0.2) is 28.6 Å². The lowest BCUT2D eigenvalue weighted by Crippen LogP contribution is -1.99. The Labute approximate surface area is 113 Å². The zero-order valence-corrected chi connectivity index (χ0v) is 11.4. The number of aromatic nitrogens is 2. The van der Waals surface area contributed by atoms with Crippen molar-refractivity contribution in [2.75, 3.05) is 0 Å². The van der Waals surface area contributed by atoms with Gasteiger partial charge >= 0.3 is 5.97 Å². The van der Waals surface area contributed by atoms with Gasteiger partial charge in [-0.1, -0.05) is 36.0 Å². The largest absolute Gasteiger partial charge is 0.481 e. The Morgan fingerprint density at radius 1 is 1.33 bits per heavy atom. The maximum absolute atomic E-state index is 10.5. The molecule has 1 heterocycles. The molecule has 0 unspecified atom stereocenters. The molecule has 0 aliphatic carbocycles. The Morgan fingerprint density at radius 2 is 2.00 bits per heavy atom. The van der Waals surface area contributed by atoms with Crippen molar-refractivity contribution in [2.45, 2.75) is 23.4 Å². The fourth-order valence-electron chi connectivity index (χ4n) is 1.41. The van der Waals surface area contributed by atoms with Gasteiger partial charge in [-0.25, -0.2) is 4.98 Å². The molecule has 0 aliphatic heterocycles. The van der Waals surface area contributed by atoms with Gasteiger partial charge in [0.25, 0.3) is 0 Å². The highest BCUT2D eigenvalue weighted by Gasteiger charge is 2.03. The third-order valence-electron chi connectivity index (χ3n) is 2.25. The van der Waals surface area contributed by atoms with E-state index in [1.54, 1.807) is 11.8 Å². The van der Waals surface area contributed by atoms with Crippen LogP contribution in [0.25, 0.3) is 0 Å². The highest BCUT2D eigenvalue weighted by atomic mass is 32.2. The molecule has 0 fully saturated rings. The number of rotatable bonds is 5. The van der Waals surface area contributed by atoms with E-state index >= 15 is 0 Å². The molecule has 0 aliphatic rings. The van der Waals surface area contributed by atoms with Crippen molar-refractivity contribution in [2.24, 2.45) is 0 Å². The lowest BCUT2D eigenvalue weighted by Gasteiger charge is -2.01. The molecule has 94 valence electrons. The Bertz CT molecular complexity index is 537. The van der Waals surface area contributed by atoms with Crippen molar-refractivity contribution >= 4 is 29.3 Å². The van der Waals surface area contributed by atoms with E-state index in [9.17, 15) is 4.79 Å². The first-order valence-electron chi connectivity index (χ1n) is 5.36. The number of benzene rings is 1. The summed E-state index contributed by atoms with van der Waals surface area (Å²) < 4.78 is 5.08. The number of carboxylic acids is 1. The molecule has 0 atom stereocenters. The second kappa shape index (κ2) is 5.97. The second-order valence-corrected chi connectivity index (χ2v) is 5.76. The minimum absolute atomic E-state index is 0.0724. The quantitative estimate of drug-likeness (QED) is 0.853. The third kappa shape index (κ3) is 3.82. The van der Waals surface area contributed by atoms with Crippen LogP contribution < -0.4 is 0 Å². The molecule has 6 heteroatoms. The maximum Gasteiger partial charge on any atom is 0.307 e. The molecule has 0 saturated carbocycles. The zero-order chi connectivity index (χ0) is 13.0. The van der Waals surface area contributed by atoms with E-state index in [-0.39, 0.29) is 6.42 Å². The van der Waals surface area contributed by atoms with Crippen molar-refractivity contribution in [1.29, 1.82) is 0 Å². The normalized spacial score (nSPS) is 10.5. The summed E-state index contributed by atoms with van der Waals surface area (Å²) in [5, 5.41) is 8.67. The van der Waals surface area contributed by atoms with Gasteiger partial charge < -0.3 is 5.11 Å². The van der Waals surface area contributed by atoms with Gasteiger partial charge in [0.2, 0.25) is 0 Å². The van der Waals surface area contributed by atoms with Crippen LogP contribution in [0.2, 0.25) is 0 Å². The number of carboxylic acid groups (broad SMARTS) is 1. The number of carbonyl (C=O) groups is 1. The van der Waals surface area contributed by atoms with E-state index in [0.29, 0.717) is 0 Å². The van der Waals surface area contributed by atoms with Crippen molar-refractivity contribution < 1.29 is 9.90 Å². The van der Waals surface area contributed by atoms with Gasteiger partial charge in [-0.05, 0) is 29.6 Å². The van der Waals surface area contributed by atoms with E-state index in [2.05, 4.69) is 9.36 Å². The Balaban J connectivity index is 1.92. The minimum atomic E-state index is -0.804. The molecule has 4 nitrogen and oxygen atoms in total. The Morgan fingerprint density at radius 3 is 2.56 bits per heavy atom. The number of nitrogens with zero attached hydrogens (tertiary/aromatic N) is 2. The first kappa shape index (κ1) is 13.0. The van der Waals surface area contributed by atoms with Gasteiger partial charge in [-0.15, -0.1) is 0 Å². The van der Waals surface area contributed by atoms with Crippen LogP contribution in [0, 0.1) is 6.92 Å². The fourth-order valence-corrected chi connectivity index (χ4v) is 3.01. The average Bonchev–Trinajstić information content (AvgIpc) is 2.74. The number of aliphatic carboxylic acids is 1. The number of thioether (sulfide) groups is 1. The van der Waals surface area contributed by atoms with Crippen LogP contribution in [-0.4, -0.2) is 20.4 Å². The summed E-state index contributed by atoms with van der Waals surface area (Å²) in [6.45, 7) is 1.88. The van der Waals surface area contributed by atoms with Crippen LogP contribution in [0.1, 0.15) is 17.0 Å². The Kier molecular flexibility index (Phi) is 4.33. The predicted octanol–water partition coefficient (Wildman–Crippen LogP) is 2.77. The third-order valence-corrected chi connectivity index (χ3v) is 4.25. The monoisotopic (exact) mass is 280 g/mol. The van der Waals surface area contributed by atoms with Crippen LogP contribution in [-0.2, 0) is 17.0 Å². The van der Waals surface area contributed by atoms with Crippen LogP contribution in [0.5, 0.6) is 0 Å². The molecule has 0 amide bonds. The topological polar surface area (TPSA) is 63.1 Å². The Hall–Kier alpha value is -1.40. The molecule has 2 aromatic rings. The smallest absolute Gasteiger partial charge is 0.307 e. The lowest BCUT2D eigenvalue weighted by molar-refractivity contribution is -0.136. The van der Waals surface area contributed by atoms with Gasteiger partial charge in [0.15, 0.2) is 4.34 Å². The average molecular weight is 280 g/mol. The summed E-state index contributed by atoms with van der Waals surface area (Å²) in [6.07, 6.45) is 0.0724. The van der Waals surface area contributed by atoms with Crippen molar-refractivity contribution in [3.05, 3.63) is 41.2 Å². The van der Waals surface area contributed by atoms with E-state index in [4.69, 9.17) is 5.11 Å². The summed E-state index contributed by atoms with van der Waals surface area (Å²) in [7, 11) is 0. The first-order valence-corrected chi connectivity index (χ1v) is 7.12. The highest BCUT2D eigenvalue weighted by Crippen LogP contribution is 2.24. The van der Waals surface area contributed by atoms with Crippen molar-refractivity contribution in [1.82, 2.24) is 9.36 Å². The van der Waals surface area contributed by atoms with E-state index in [0.717, 1.165) is 27.0 Å². The second-order valence-electron chi connectivity index (χ2n) is 3.78. The van der Waals surface area contributed by atoms with Gasteiger partial charge in [0, 0.05) is 5.75 Å². The number of hydrogen-bond donors (Lipinski definition) is 1. The summed E-state index contributed by atoms with van der Waals surface area (Å²) in [6, 6.07) is 7.63. The zero-order valence-electron chi connectivity index (χ0n) is 9.79. The molecular weight excluding hydrogens is 268 g/mol. The van der Waals surface area contributed by atoms with E-state index < -0.39 is 5.97 Å².